The zero-order chi connectivity index (χ0) is 12.2. The van der Waals surface area contributed by atoms with Gasteiger partial charge in [0.2, 0.25) is 0 Å². The molecule has 0 aliphatic rings. The smallest absolute Gasteiger partial charge is 0.0701 e. The number of aliphatic hydroxyl groups excluding tert-OH is 1. The van der Waals surface area contributed by atoms with Crippen LogP contribution < -0.4 is 5.32 Å². The van der Waals surface area contributed by atoms with Crippen LogP contribution in [0.5, 0.6) is 0 Å². The molecule has 0 fully saturated rings. The molecule has 92 valence electrons. The highest BCUT2D eigenvalue weighted by atomic mass is 79.9. The first kappa shape index (κ1) is 14.2. The summed E-state index contributed by atoms with van der Waals surface area (Å²) in [5, 5.41) is 13.1. The van der Waals surface area contributed by atoms with Gasteiger partial charge in [-0.3, -0.25) is 0 Å². The number of thiophene rings is 1. The maximum absolute atomic E-state index is 9.80. The van der Waals surface area contributed by atoms with Crippen LogP contribution in [0.2, 0.25) is 0 Å². The highest BCUT2D eigenvalue weighted by molar-refractivity contribution is 9.11. The van der Waals surface area contributed by atoms with Crippen LogP contribution in [0.3, 0.4) is 0 Å². The Morgan fingerprint density at radius 1 is 1.44 bits per heavy atom. The van der Waals surface area contributed by atoms with Gasteiger partial charge in [0.15, 0.2) is 0 Å². The third kappa shape index (κ3) is 5.99. The standard InChI is InChI=1S/C12H20BrNOS/c1-12(2,3)6-9(15)7-14-8-10-4-5-11(13)16-10/h4-5,9,14-15H,6-8H2,1-3H3. The minimum Gasteiger partial charge on any atom is -0.392 e. The number of hydrogen-bond donors (Lipinski definition) is 2. The Bertz CT molecular complexity index is 319. The van der Waals surface area contributed by atoms with E-state index >= 15 is 0 Å². The normalized spacial score (nSPS) is 14.1. The van der Waals surface area contributed by atoms with Crippen molar-refractivity contribution in [1.29, 1.82) is 0 Å². The lowest BCUT2D eigenvalue weighted by Crippen LogP contribution is -2.29. The van der Waals surface area contributed by atoms with Crippen molar-refractivity contribution >= 4 is 27.3 Å². The molecule has 4 heteroatoms. The fourth-order valence-corrected chi connectivity index (χ4v) is 3.04. The van der Waals surface area contributed by atoms with E-state index in [1.807, 2.05) is 6.07 Å². The molecule has 1 heterocycles. The maximum Gasteiger partial charge on any atom is 0.0701 e. The van der Waals surface area contributed by atoms with Crippen LogP contribution in [-0.2, 0) is 6.54 Å². The van der Waals surface area contributed by atoms with Crippen molar-refractivity contribution in [3.05, 3.63) is 20.8 Å². The molecular formula is C12H20BrNOS. The van der Waals surface area contributed by atoms with Crippen LogP contribution in [-0.4, -0.2) is 17.8 Å². The third-order valence-electron chi connectivity index (χ3n) is 2.16. The van der Waals surface area contributed by atoms with E-state index in [4.69, 9.17) is 0 Å². The van der Waals surface area contributed by atoms with E-state index in [-0.39, 0.29) is 11.5 Å². The van der Waals surface area contributed by atoms with Crippen molar-refractivity contribution < 1.29 is 5.11 Å². The van der Waals surface area contributed by atoms with Gasteiger partial charge in [-0.05, 0) is 39.9 Å². The predicted molar refractivity (Wildman–Crippen MR) is 73.8 cm³/mol. The van der Waals surface area contributed by atoms with Gasteiger partial charge < -0.3 is 10.4 Å². The van der Waals surface area contributed by atoms with Gasteiger partial charge in [0.05, 0.1) is 9.89 Å². The Balaban J connectivity index is 2.20. The van der Waals surface area contributed by atoms with Crippen molar-refractivity contribution in [3.8, 4) is 0 Å². The summed E-state index contributed by atoms with van der Waals surface area (Å²) < 4.78 is 1.15. The lowest BCUT2D eigenvalue weighted by Gasteiger charge is -2.22. The number of nitrogens with one attached hydrogen (secondary N) is 1. The summed E-state index contributed by atoms with van der Waals surface area (Å²) >= 11 is 5.16. The first-order valence-corrected chi connectivity index (χ1v) is 7.11. The van der Waals surface area contributed by atoms with E-state index in [0.717, 1.165) is 16.8 Å². The number of halogens is 1. The Morgan fingerprint density at radius 2 is 2.12 bits per heavy atom. The van der Waals surface area contributed by atoms with E-state index in [1.165, 1.54) is 4.88 Å². The topological polar surface area (TPSA) is 32.3 Å². The summed E-state index contributed by atoms with van der Waals surface area (Å²) in [6.07, 6.45) is 0.567. The number of rotatable bonds is 5. The second-order valence-electron chi connectivity index (χ2n) is 5.26. The van der Waals surface area contributed by atoms with Crippen LogP contribution in [0.4, 0.5) is 0 Å². The van der Waals surface area contributed by atoms with Crippen molar-refractivity contribution in [1.82, 2.24) is 5.32 Å². The average molecular weight is 306 g/mol. The summed E-state index contributed by atoms with van der Waals surface area (Å²) in [5.74, 6) is 0. The van der Waals surface area contributed by atoms with Gasteiger partial charge in [0.1, 0.15) is 0 Å². The Labute approximate surface area is 110 Å². The fourth-order valence-electron chi connectivity index (χ4n) is 1.59. The van der Waals surface area contributed by atoms with Crippen LogP contribution in [0.15, 0.2) is 15.9 Å². The van der Waals surface area contributed by atoms with Crippen LogP contribution in [0, 0.1) is 5.41 Å². The van der Waals surface area contributed by atoms with Crippen molar-refractivity contribution in [2.75, 3.05) is 6.54 Å². The van der Waals surface area contributed by atoms with E-state index in [9.17, 15) is 5.11 Å². The van der Waals surface area contributed by atoms with Gasteiger partial charge in [-0.1, -0.05) is 20.8 Å². The van der Waals surface area contributed by atoms with Gasteiger partial charge in [-0.15, -0.1) is 11.3 Å². The molecule has 16 heavy (non-hydrogen) atoms. The molecule has 2 nitrogen and oxygen atoms in total. The first-order valence-electron chi connectivity index (χ1n) is 5.50. The molecule has 0 radical (unpaired) electrons. The molecule has 0 amide bonds. The van der Waals surface area contributed by atoms with Gasteiger partial charge in [-0.2, -0.15) is 0 Å². The van der Waals surface area contributed by atoms with E-state index in [2.05, 4.69) is 48.1 Å². The van der Waals surface area contributed by atoms with Crippen LogP contribution >= 0.6 is 27.3 Å². The van der Waals surface area contributed by atoms with E-state index in [0.29, 0.717) is 6.54 Å². The molecule has 1 unspecified atom stereocenters. The quantitative estimate of drug-likeness (QED) is 0.874. The Kier molecular flexibility index (Phi) is 5.44. The van der Waals surface area contributed by atoms with Gasteiger partial charge in [0, 0.05) is 18.0 Å². The minimum atomic E-state index is -0.261. The minimum absolute atomic E-state index is 0.188. The molecule has 2 N–H and O–H groups in total. The summed E-state index contributed by atoms with van der Waals surface area (Å²) in [5.41, 5.74) is 0.188. The summed E-state index contributed by atoms with van der Waals surface area (Å²) in [7, 11) is 0. The van der Waals surface area contributed by atoms with E-state index in [1.54, 1.807) is 11.3 Å². The molecule has 1 aromatic rings. The Morgan fingerprint density at radius 3 is 2.62 bits per heavy atom. The molecule has 0 bridgehead atoms. The van der Waals surface area contributed by atoms with Crippen molar-refractivity contribution in [2.24, 2.45) is 5.41 Å². The molecule has 0 saturated heterocycles. The fraction of sp³-hybridized carbons (Fsp3) is 0.667. The second-order valence-corrected chi connectivity index (χ2v) is 7.80. The lowest BCUT2D eigenvalue weighted by atomic mass is 9.89. The molecule has 1 aromatic heterocycles. The number of aliphatic hydroxyl groups is 1. The molecule has 0 spiro atoms. The van der Waals surface area contributed by atoms with Gasteiger partial charge >= 0.3 is 0 Å². The second kappa shape index (κ2) is 6.15. The largest absolute Gasteiger partial charge is 0.392 e. The number of hydrogen-bond acceptors (Lipinski definition) is 3. The molecule has 0 aliphatic carbocycles. The zero-order valence-electron chi connectivity index (χ0n) is 10.1. The van der Waals surface area contributed by atoms with E-state index < -0.39 is 0 Å². The highest BCUT2D eigenvalue weighted by Gasteiger charge is 2.16. The van der Waals surface area contributed by atoms with Crippen molar-refractivity contribution in [2.45, 2.75) is 39.8 Å². The molecule has 0 aromatic carbocycles. The SMILES string of the molecule is CC(C)(C)CC(O)CNCc1ccc(Br)s1. The molecule has 0 saturated carbocycles. The summed E-state index contributed by atoms with van der Waals surface area (Å²) in [6.45, 7) is 7.93. The summed E-state index contributed by atoms with van der Waals surface area (Å²) in [6, 6.07) is 4.14. The lowest BCUT2D eigenvalue weighted by molar-refractivity contribution is 0.119. The first-order chi connectivity index (χ1) is 7.37. The van der Waals surface area contributed by atoms with Gasteiger partial charge in [-0.25, -0.2) is 0 Å². The maximum atomic E-state index is 9.80. The highest BCUT2D eigenvalue weighted by Crippen LogP contribution is 2.22. The molecule has 1 atom stereocenters. The zero-order valence-corrected chi connectivity index (χ0v) is 12.5. The van der Waals surface area contributed by atoms with Crippen molar-refractivity contribution in [3.63, 3.8) is 0 Å². The van der Waals surface area contributed by atoms with Gasteiger partial charge in [0.25, 0.3) is 0 Å². The monoisotopic (exact) mass is 305 g/mol. The Hall–Kier alpha value is 0.1000. The molecule has 1 rings (SSSR count). The average Bonchev–Trinajstić information content (AvgIpc) is 2.48. The third-order valence-corrected chi connectivity index (χ3v) is 3.78. The van der Waals surface area contributed by atoms with Crippen LogP contribution in [0.25, 0.3) is 0 Å². The molecular weight excluding hydrogens is 286 g/mol. The molecule has 0 aliphatic heterocycles. The predicted octanol–water partition coefficient (Wildman–Crippen LogP) is 3.40. The summed E-state index contributed by atoms with van der Waals surface area (Å²) in [4.78, 5) is 1.29. The van der Waals surface area contributed by atoms with Crippen LogP contribution in [0.1, 0.15) is 32.1 Å².